The maximum atomic E-state index is 14.3. The topological polar surface area (TPSA) is 206 Å². The molecular formula is C50H79NO13. The highest BCUT2D eigenvalue weighted by molar-refractivity contribution is 6.39. The minimum Gasteiger partial charge on any atom is -0.460 e. The molecule has 14 heteroatoms. The van der Waals surface area contributed by atoms with Crippen LogP contribution in [0.2, 0.25) is 0 Å². The number of hydrogen-bond acceptors (Lipinski definition) is 13. The van der Waals surface area contributed by atoms with Gasteiger partial charge in [0.1, 0.15) is 30.1 Å². The third-order valence-electron chi connectivity index (χ3n) is 14.5. The van der Waals surface area contributed by atoms with Gasteiger partial charge in [0, 0.05) is 51.4 Å². The molecule has 362 valence electrons. The summed E-state index contributed by atoms with van der Waals surface area (Å²) in [6, 6.07) is -1.15. The lowest BCUT2D eigenvalue weighted by Gasteiger charge is -2.42. The van der Waals surface area contributed by atoms with Gasteiger partial charge in [-0.1, -0.05) is 58.9 Å². The lowest BCUT2D eigenvalue weighted by Crippen LogP contribution is -2.61. The Kier molecular flexibility index (Phi) is 20.6. The van der Waals surface area contributed by atoms with Crippen LogP contribution >= 0.6 is 0 Å². The quantitative estimate of drug-likeness (QED) is 0.148. The smallest absolute Gasteiger partial charge is 0.329 e. The average Bonchev–Trinajstić information content (AvgIpc) is 3.26. The molecule has 2 bridgehead atoms. The SMILES string of the molecule is CO[C@@H]1C[C@@H](C[C@@H](C)[C@@H]2CC(=O)[C@H](C)/C=C(/C)[C@@H](O)[C@@H](OC)C(=O)[C@H](C)C[C@H](C)/C=C\CC/C=C(/C)[C@@H](O)C[C@@H]3CC[C@@H](C)[C@@](O)(O3)C(=O)C(=O)N3CCCC[C@H]3C(=O)O2)CC[C@H]1O. The maximum Gasteiger partial charge on any atom is 0.329 e. The number of allylic oxidation sites excluding steroid dienone is 4. The van der Waals surface area contributed by atoms with Crippen molar-refractivity contribution >= 4 is 29.2 Å². The molecule has 1 amide bonds. The van der Waals surface area contributed by atoms with Crippen LogP contribution in [0.15, 0.2) is 35.5 Å². The van der Waals surface area contributed by atoms with Crippen molar-refractivity contribution in [1.29, 1.82) is 0 Å². The van der Waals surface area contributed by atoms with E-state index in [-0.39, 0.29) is 61.2 Å². The van der Waals surface area contributed by atoms with Crippen molar-refractivity contribution in [3.63, 3.8) is 0 Å². The van der Waals surface area contributed by atoms with Crippen LogP contribution < -0.4 is 0 Å². The molecular weight excluding hydrogens is 823 g/mol. The number of piperidine rings is 1. The summed E-state index contributed by atoms with van der Waals surface area (Å²) in [5.41, 5.74) is 1.10. The Morgan fingerprint density at radius 2 is 1.59 bits per heavy atom. The number of amides is 1. The van der Waals surface area contributed by atoms with Crippen molar-refractivity contribution in [3.05, 3.63) is 35.5 Å². The van der Waals surface area contributed by atoms with Gasteiger partial charge in [-0.2, -0.15) is 0 Å². The molecule has 1 aliphatic carbocycles. The summed E-state index contributed by atoms with van der Waals surface area (Å²) in [6.07, 6.45) is 7.98. The Morgan fingerprint density at radius 3 is 2.28 bits per heavy atom. The number of rotatable bonds is 5. The van der Waals surface area contributed by atoms with Gasteiger partial charge in [-0.25, -0.2) is 4.79 Å². The lowest BCUT2D eigenvalue weighted by atomic mass is 9.78. The van der Waals surface area contributed by atoms with Gasteiger partial charge in [0.05, 0.1) is 24.4 Å². The summed E-state index contributed by atoms with van der Waals surface area (Å²) in [7, 11) is 2.94. The summed E-state index contributed by atoms with van der Waals surface area (Å²) >= 11 is 0. The lowest BCUT2D eigenvalue weighted by molar-refractivity contribution is -0.265. The van der Waals surface area contributed by atoms with E-state index in [2.05, 4.69) is 0 Å². The van der Waals surface area contributed by atoms with Gasteiger partial charge >= 0.3 is 5.97 Å². The number of nitrogens with zero attached hydrogens (tertiary/aromatic N) is 1. The first-order valence-electron chi connectivity index (χ1n) is 23.9. The molecule has 4 rings (SSSR count). The predicted molar refractivity (Wildman–Crippen MR) is 240 cm³/mol. The van der Waals surface area contributed by atoms with Crippen LogP contribution in [0, 0.1) is 35.5 Å². The zero-order valence-corrected chi connectivity index (χ0v) is 39.9. The monoisotopic (exact) mass is 902 g/mol. The molecule has 64 heavy (non-hydrogen) atoms. The van der Waals surface area contributed by atoms with Gasteiger partial charge in [-0.3, -0.25) is 19.2 Å². The number of hydrogen-bond donors (Lipinski definition) is 4. The number of methoxy groups -OCH3 is 2. The molecule has 0 aromatic carbocycles. The van der Waals surface area contributed by atoms with Crippen LogP contribution in [0.25, 0.3) is 0 Å². The number of carbonyl (C=O) groups excluding carboxylic acids is 5. The number of Topliss-reactive ketones (excluding diaryl/α,β-unsaturated/α-hetero) is 3. The Morgan fingerprint density at radius 1 is 0.875 bits per heavy atom. The fourth-order valence-electron chi connectivity index (χ4n) is 10.1. The van der Waals surface area contributed by atoms with E-state index in [1.54, 1.807) is 34.0 Å². The first-order chi connectivity index (χ1) is 30.2. The van der Waals surface area contributed by atoms with Crippen LogP contribution in [0.4, 0.5) is 0 Å². The summed E-state index contributed by atoms with van der Waals surface area (Å²) in [6.45, 7) is 12.6. The first-order valence-corrected chi connectivity index (χ1v) is 23.9. The van der Waals surface area contributed by atoms with Crippen molar-refractivity contribution in [3.8, 4) is 0 Å². The van der Waals surface area contributed by atoms with Gasteiger partial charge < -0.3 is 44.3 Å². The molecule has 0 aromatic rings. The van der Waals surface area contributed by atoms with Crippen LogP contribution in [-0.4, -0.2) is 130 Å². The van der Waals surface area contributed by atoms with Crippen molar-refractivity contribution in [2.45, 2.75) is 193 Å². The third kappa shape index (κ3) is 14.0. The van der Waals surface area contributed by atoms with E-state index in [0.717, 1.165) is 6.42 Å². The largest absolute Gasteiger partial charge is 0.460 e. The van der Waals surface area contributed by atoms with Crippen molar-refractivity contribution in [2.24, 2.45) is 35.5 Å². The van der Waals surface area contributed by atoms with E-state index in [4.69, 9.17) is 18.9 Å². The van der Waals surface area contributed by atoms with Crippen molar-refractivity contribution < 1.29 is 63.3 Å². The van der Waals surface area contributed by atoms with E-state index in [1.165, 1.54) is 12.0 Å². The molecule has 3 aliphatic heterocycles. The number of aliphatic hydroxyl groups is 4. The molecule has 4 N–H and O–H groups in total. The van der Waals surface area contributed by atoms with E-state index in [9.17, 15) is 44.4 Å². The number of ketones is 3. The Balaban J connectivity index is 1.68. The second kappa shape index (κ2) is 24.6. The van der Waals surface area contributed by atoms with Gasteiger partial charge in [-0.05, 0) is 120 Å². The van der Waals surface area contributed by atoms with Gasteiger partial charge in [0.15, 0.2) is 5.78 Å². The fraction of sp³-hybridized carbons (Fsp3) is 0.780. The molecule has 15 atom stereocenters. The third-order valence-corrected chi connectivity index (χ3v) is 14.5. The second-order valence-corrected chi connectivity index (χ2v) is 19.7. The van der Waals surface area contributed by atoms with Crippen LogP contribution in [0.1, 0.15) is 138 Å². The average molecular weight is 902 g/mol. The van der Waals surface area contributed by atoms with Crippen molar-refractivity contribution in [1.82, 2.24) is 4.90 Å². The molecule has 0 aromatic heterocycles. The molecule has 3 heterocycles. The van der Waals surface area contributed by atoms with Gasteiger partial charge in [0.25, 0.3) is 11.7 Å². The van der Waals surface area contributed by atoms with E-state index in [1.807, 2.05) is 45.9 Å². The van der Waals surface area contributed by atoms with Crippen LogP contribution in [0.5, 0.6) is 0 Å². The van der Waals surface area contributed by atoms with Crippen molar-refractivity contribution in [2.75, 3.05) is 20.8 Å². The van der Waals surface area contributed by atoms with E-state index >= 15 is 0 Å². The molecule has 1 saturated carbocycles. The Hall–Kier alpha value is -3.11. The molecule has 0 radical (unpaired) electrons. The summed E-state index contributed by atoms with van der Waals surface area (Å²) in [4.78, 5) is 71.5. The maximum absolute atomic E-state index is 14.3. The minimum atomic E-state index is -2.47. The molecule has 0 spiro atoms. The normalized spacial score (nSPS) is 40.6. The Bertz CT molecular complexity index is 1690. The molecule has 4 aliphatic rings. The second-order valence-electron chi connectivity index (χ2n) is 19.7. The molecule has 14 nitrogen and oxygen atoms in total. The Labute approximate surface area is 381 Å². The zero-order valence-electron chi connectivity index (χ0n) is 39.9. The minimum absolute atomic E-state index is 0.0464. The highest BCUT2D eigenvalue weighted by Gasteiger charge is 2.53. The standard InChI is InChI=1S/C50H79NO13/c1-29-15-11-10-12-16-30(2)40(53)27-37-20-18-35(7)50(60,64-37)47(57)48(58)51-22-14-13-17-38(51)49(59)63-42(32(4)25-36-19-21-39(52)43(26-36)61-8)28-41(54)31(3)24-34(6)45(56)46(62-9)44(55)33(5)23-29/h11,15-16,24,29,31-33,35-40,42-43,45-46,52-53,56,60H,10,12-14,17-23,25-28H2,1-9H3/b15-11-,30-16-,34-24-/t29-,31-,32-,33-,35-,36-,37+,38+,39-,40+,42+,43-,45-,46+,50-/m1/s1. The predicted octanol–water partition coefficient (Wildman–Crippen LogP) is 5.75. The van der Waals surface area contributed by atoms with Gasteiger partial charge in [0.2, 0.25) is 5.79 Å². The van der Waals surface area contributed by atoms with E-state index in [0.29, 0.717) is 75.4 Å². The molecule has 0 unspecified atom stereocenters. The zero-order chi connectivity index (χ0) is 47.5. The fourth-order valence-corrected chi connectivity index (χ4v) is 10.1. The molecule has 3 fully saturated rings. The number of aliphatic hydroxyl groups excluding tert-OH is 3. The van der Waals surface area contributed by atoms with E-state index < -0.39 is 83.9 Å². The number of fused-ring (bicyclic) bond motifs is 3. The number of cyclic esters (lactones) is 1. The number of esters is 1. The highest BCUT2D eigenvalue weighted by Crippen LogP contribution is 2.37. The number of ether oxygens (including phenoxy) is 4. The van der Waals surface area contributed by atoms with Crippen LogP contribution in [0.3, 0.4) is 0 Å². The van der Waals surface area contributed by atoms with Crippen LogP contribution in [-0.2, 0) is 42.9 Å². The summed E-state index contributed by atoms with van der Waals surface area (Å²) in [5.74, 6) is -8.08. The van der Waals surface area contributed by atoms with Gasteiger partial charge in [-0.15, -0.1) is 0 Å². The summed E-state index contributed by atoms with van der Waals surface area (Å²) in [5, 5.41) is 44.8. The highest BCUT2D eigenvalue weighted by atomic mass is 16.6. The first kappa shape index (κ1) is 53.5. The molecule has 2 saturated heterocycles. The summed E-state index contributed by atoms with van der Waals surface area (Å²) < 4.78 is 23.4. The number of carbonyl (C=O) groups is 5.